The molecule has 0 aromatic heterocycles. The molecule has 1 fully saturated rings. The maximum atomic E-state index is 13.1. The lowest BCUT2D eigenvalue weighted by Crippen LogP contribution is -2.67. The molecule has 2 aromatic carbocycles. The molecule has 2 aromatic rings. The molecule has 2 atom stereocenters. The molecular weight excluding hydrogens is 426 g/mol. The minimum atomic E-state index is -2.65. The molecule has 3 rings (SSSR count). The van der Waals surface area contributed by atoms with Gasteiger partial charge in [-0.05, 0) is 54.9 Å². The molecule has 33 heavy (non-hydrogen) atoms. The number of ether oxygens (including phenoxy) is 1. The van der Waals surface area contributed by atoms with E-state index in [1.54, 1.807) is 0 Å². The van der Waals surface area contributed by atoms with Crippen LogP contribution in [0.3, 0.4) is 0 Å². The Bertz CT molecular complexity index is 863. The first-order valence-corrected chi connectivity index (χ1v) is 14.1. The molecule has 0 radical (unpaired) electrons. The van der Waals surface area contributed by atoms with E-state index in [0.29, 0.717) is 19.1 Å². The molecule has 1 amide bonds. The van der Waals surface area contributed by atoms with Crippen molar-refractivity contribution in [1.82, 2.24) is 4.90 Å². The second kappa shape index (κ2) is 10.0. The minimum Gasteiger partial charge on any atom is -0.444 e. The standard InChI is InChI=1S/C28H41NO3Si/c1-22-18-19-29(26(30)32-27(2,3)4)23(20-22)21-31-33(28(5,6)7,24-14-10-8-11-15-24)25-16-12-9-13-17-25/h8-17,22-23H,18-21H2,1-7H3/t22-,23+/m0/s1. The summed E-state index contributed by atoms with van der Waals surface area (Å²) in [7, 11) is -2.65. The van der Waals surface area contributed by atoms with E-state index in [4.69, 9.17) is 9.16 Å². The topological polar surface area (TPSA) is 38.8 Å². The summed E-state index contributed by atoms with van der Waals surface area (Å²) >= 11 is 0. The van der Waals surface area contributed by atoms with Crippen LogP contribution in [0.15, 0.2) is 60.7 Å². The van der Waals surface area contributed by atoms with Crippen molar-refractivity contribution in [3.05, 3.63) is 60.7 Å². The summed E-state index contributed by atoms with van der Waals surface area (Å²) in [5.41, 5.74) is -0.510. The predicted octanol–water partition coefficient (Wildman–Crippen LogP) is 5.60. The molecule has 0 N–H and O–H groups in total. The number of piperidine rings is 1. The first kappa shape index (κ1) is 25.5. The fourth-order valence-corrected chi connectivity index (χ4v) is 9.55. The van der Waals surface area contributed by atoms with E-state index in [-0.39, 0.29) is 17.2 Å². The number of likely N-dealkylation sites (tertiary alicyclic amines) is 1. The Morgan fingerprint density at radius 1 is 0.939 bits per heavy atom. The molecule has 5 heteroatoms. The van der Waals surface area contributed by atoms with E-state index in [1.165, 1.54) is 10.4 Å². The van der Waals surface area contributed by atoms with Crippen molar-refractivity contribution >= 4 is 24.8 Å². The number of rotatable bonds is 5. The molecule has 1 saturated heterocycles. The molecule has 0 aliphatic carbocycles. The number of amides is 1. The van der Waals surface area contributed by atoms with Crippen LogP contribution in [-0.2, 0) is 9.16 Å². The van der Waals surface area contributed by atoms with Gasteiger partial charge in [0, 0.05) is 6.54 Å². The lowest BCUT2D eigenvalue weighted by molar-refractivity contribution is -0.00216. The molecule has 0 spiro atoms. The van der Waals surface area contributed by atoms with Gasteiger partial charge >= 0.3 is 6.09 Å². The van der Waals surface area contributed by atoms with Crippen LogP contribution in [0.25, 0.3) is 0 Å². The summed E-state index contributed by atoms with van der Waals surface area (Å²) in [5, 5.41) is 2.43. The molecular formula is C28H41NO3Si. The second-order valence-corrected chi connectivity index (χ2v) is 15.7. The molecule has 180 valence electrons. The lowest BCUT2D eigenvalue weighted by atomic mass is 9.93. The van der Waals surface area contributed by atoms with Gasteiger partial charge in [-0.2, -0.15) is 0 Å². The first-order valence-electron chi connectivity index (χ1n) is 12.2. The van der Waals surface area contributed by atoms with E-state index < -0.39 is 13.9 Å². The van der Waals surface area contributed by atoms with Crippen molar-refractivity contribution < 1.29 is 14.0 Å². The molecule has 0 unspecified atom stereocenters. The fraction of sp³-hybridized carbons (Fsp3) is 0.536. The Morgan fingerprint density at radius 3 is 1.91 bits per heavy atom. The van der Waals surface area contributed by atoms with Gasteiger partial charge in [0.1, 0.15) is 5.60 Å². The number of hydrogen-bond donors (Lipinski definition) is 0. The SMILES string of the molecule is C[C@H]1CCN(C(=O)OC(C)(C)C)[C@@H](CO[Si](c2ccccc2)(c2ccccc2)C(C)(C)C)C1. The van der Waals surface area contributed by atoms with Crippen molar-refractivity contribution in [3.63, 3.8) is 0 Å². The van der Waals surface area contributed by atoms with E-state index in [9.17, 15) is 4.79 Å². The van der Waals surface area contributed by atoms with Crippen molar-refractivity contribution in [2.45, 2.75) is 78.0 Å². The van der Waals surface area contributed by atoms with Crippen molar-refractivity contribution in [1.29, 1.82) is 0 Å². The number of benzene rings is 2. The van der Waals surface area contributed by atoms with Gasteiger partial charge in [-0.15, -0.1) is 0 Å². The summed E-state index contributed by atoms with van der Waals surface area (Å²) in [5.74, 6) is 0.552. The van der Waals surface area contributed by atoms with E-state index in [1.807, 2.05) is 25.7 Å². The largest absolute Gasteiger partial charge is 0.444 e. The third-order valence-electron chi connectivity index (χ3n) is 6.52. The first-order chi connectivity index (χ1) is 15.4. The predicted molar refractivity (Wildman–Crippen MR) is 139 cm³/mol. The van der Waals surface area contributed by atoms with Crippen LogP contribution in [-0.4, -0.2) is 44.1 Å². The van der Waals surface area contributed by atoms with Crippen LogP contribution >= 0.6 is 0 Å². The smallest absolute Gasteiger partial charge is 0.410 e. The highest BCUT2D eigenvalue weighted by Crippen LogP contribution is 2.37. The molecule has 1 aliphatic rings. The molecule has 0 bridgehead atoms. The number of nitrogens with zero attached hydrogens (tertiary/aromatic N) is 1. The number of hydrogen-bond acceptors (Lipinski definition) is 3. The van der Waals surface area contributed by atoms with E-state index in [0.717, 1.165) is 12.8 Å². The third kappa shape index (κ3) is 5.88. The normalized spacial score (nSPS) is 19.9. The third-order valence-corrected chi connectivity index (χ3v) is 11.5. The summed E-state index contributed by atoms with van der Waals surface area (Å²) in [6.45, 7) is 16.1. The number of carbonyl (C=O) groups is 1. The van der Waals surface area contributed by atoms with E-state index in [2.05, 4.69) is 88.4 Å². The summed E-state index contributed by atoms with van der Waals surface area (Å²) in [6.07, 6.45) is 1.69. The Balaban J connectivity index is 1.98. The highest BCUT2D eigenvalue weighted by Gasteiger charge is 2.51. The Hall–Kier alpha value is -2.11. The van der Waals surface area contributed by atoms with Crippen LogP contribution in [0.5, 0.6) is 0 Å². The van der Waals surface area contributed by atoms with Crippen LogP contribution in [0.2, 0.25) is 5.04 Å². The van der Waals surface area contributed by atoms with Crippen LogP contribution in [0, 0.1) is 5.92 Å². The van der Waals surface area contributed by atoms with Gasteiger partial charge in [-0.3, -0.25) is 0 Å². The van der Waals surface area contributed by atoms with Crippen LogP contribution in [0.4, 0.5) is 4.79 Å². The van der Waals surface area contributed by atoms with Crippen molar-refractivity contribution in [3.8, 4) is 0 Å². The van der Waals surface area contributed by atoms with Gasteiger partial charge in [-0.1, -0.05) is 88.4 Å². The Labute approximate surface area is 201 Å². The maximum absolute atomic E-state index is 13.1. The molecule has 1 heterocycles. The van der Waals surface area contributed by atoms with Gasteiger partial charge < -0.3 is 14.1 Å². The van der Waals surface area contributed by atoms with Crippen molar-refractivity contribution in [2.24, 2.45) is 5.92 Å². The van der Waals surface area contributed by atoms with Crippen LogP contribution in [0.1, 0.15) is 61.3 Å². The zero-order chi connectivity index (χ0) is 24.3. The van der Waals surface area contributed by atoms with Crippen molar-refractivity contribution in [2.75, 3.05) is 13.2 Å². The van der Waals surface area contributed by atoms with Gasteiger partial charge in [-0.25, -0.2) is 4.79 Å². The van der Waals surface area contributed by atoms with Gasteiger partial charge in [0.05, 0.1) is 12.6 Å². The molecule has 4 nitrogen and oxygen atoms in total. The highest BCUT2D eigenvalue weighted by atomic mass is 28.4. The second-order valence-electron chi connectivity index (χ2n) is 11.4. The Kier molecular flexibility index (Phi) is 7.75. The van der Waals surface area contributed by atoms with Gasteiger partial charge in [0.25, 0.3) is 8.32 Å². The maximum Gasteiger partial charge on any atom is 0.410 e. The van der Waals surface area contributed by atoms with E-state index >= 15 is 0 Å². The quantitative estimate of drug-likeness (QED) is 0.537. The lowest BCUT2D eigenvalue weighted by Gasteiger charge is -2.45. The average molecular weight is 468 g/mol. The fourth-order valence-electron chi connectivity index (χ4n) is 4.95. The molecule has 1 aliphatic heterocycles. The zero-order valence-electron chi connectivity index (χ0n) is 21.4. The van der Waals surface area contributed by atoms with Gasteiger partial charge in [0.2, 0.25) is 0 Å². The van der Waals surface area contributed by atoms with Gasteiger partial charge in [0.15, 0.2) is 0 Å². The molecule has 0 saturated carbocycles. The zero-order valence-corrected chi connectivity index (χ0v) is 22.4. The minimum absolute atomic E-state index is 0.00486. The van der Waals surface area contributed by atoms with Crippen LogP contribution < -0.4 is 10.4 Å². The summed E-state index contributed by atoms with van der Waals surface area (Å²) < 4.78 is 12.9. The monoisotopic (exact) mass is 467 g/mol. The Morgan fingerprint density at radius 2 is 1.45 bits per heavy atom. The summed E-state index contributed by atoms with van der Waals surface area (Å²) in [4.78, 5) is 15.0. The average Bonchev–Trinajstić information content (AvgIpc) is 2.73. The summed E-state index contributed by atoms with van der Waals surface area (Å²) in [6, 6.07) is 21.4. The number of carbonyl (C=O) groups excluding carboxylic acids is 1. The highest BCUT2D eigenvalue weighted by molar-refractivity contribution is 6.99.